The molecule has 0 aliphatic carbocycles. The highest BCUT2D eigenvalue weighted by Gasteiger charge is 2.25. The third-order valence-corrected chi connectivity index (χ3v) is 5.13. The highest BCUT2D eigenvalue weighted by molar-refractivity contribution is 7.08. The molecule has 22 heavy (non-hydrogen) atoms. The largest absolute Gasteiger partial charge is 0.338 e. The molecule has 1 aliphatic heterocycles. The van der Waals surface area contributed by atoms with Gasteiger partial charge >= 0.3 is 0 Å². The number of likely N-dealkylation sites (tertiary alicyclic amines) is 1. The number of nitrogens with zero attached hydrogens (tertiary/aromatic N) is 3. The fourth-order valence-corrected chi connectivity index (χ4v) is 3.82. The minimum Gasteiger partial charge on any atom is -0.338 e. The maximum Gasteiger partial charge on any atom is 0.267 e. The molecule has 116 valence electrons. The van der Waals surface area contributed by atoms with Gasteiger partial charge in [-0.1, -0.05) is 41.7 Å². The van der Waals surface area contributed by atoms with Gasteiger partial charge in [0.15, 0.2) is 0 Å². The predicted octanol–water partition coefficient (Wildman–Crippen LogP) is 3.51. The van der Waals surface area contributed by atoms with E-state index in [1.807, 2.05) is 11.8 Å². The Bertz CT molecular complexity index is 626. The van der Waals surface area contributed by atoms with Crippen LogP contribution < -0.4 is 0 Å². The number of aromatic nitrogens is 2. The van der Waals surface area contributed by atoms with E-state index in [-0.39, 0.29) is 5.91 Å². The number of benzene rings is 1. The summed E-state index contributed by atoms with van der Waals surface area (Å²) in [5.41, 5.74) is 2.23. The summed E-state index contributed by atoms with van der Waals surface area (Å²) in [5, 5.41) is 4.06. The maximum absolute atomic E-state index is 12.7. The first kappa shape index (κ1) is 15.2. The van der Waals surface area contributed by atoms with E-state index in [2.05, 4.69) is 39.9 Å². The van der Waals surface area contributed by atoms with E-state index in [9.17, 15) is 4.79 Å². The molecule has 0 bridgehead atoms. The summed E-state index contributed by atoms with van der Waals surface area (Å²) in [6, 6.07) is 10.6. The highest BCUT2D eigenvalue weighted by atomic mass is 32.1. The minimum atomic E-state index is 0.112. The second-order valence-electron chi connectivity index (χ2n) is 5.73. The molecule has 0 unspecified atom stereocenters. The van der Waals surface area contributed by atoms with Gasteiger partial charge in [0.05, 0.1) is 5.69 Å². The number of aryl methyl sites for hydroxylation is 1. The number of rotatable bonds is 3. The molecule has 0 radical (unpaired) electrons. The molecule has 0 saturated carbocycles. The van der Waals surface area contributed by atoms with Crippen molar-refractivity contribution in [1.29, 1.82) is 0 Å². The van der Waals surface area contributed by atoms with Gasteiger partial charge in [-0.05, 0) is 48.7 Å². The normalized spacial score (nSPS) is 19.0. The summed E-state index contributed by atoms with van der Waals surface area (Å²) >= 11 is 1.23. The molecule has 1 atom stereocenters. The van der Waals surface area contributed by atoms with Crippen molar-refractivity contribution in [1.82, 2.24) is 14.5 Å². The zero-order valence-electron chi connectivity index (χ0n) is 12.9. The summed E-state index contributed by atoms with van der Waals surface area (Å²) in [5.74, 6) is 0.671. The van der Waals surface area contributed by atoms with Crippen molar-refractivity contribution < 1.29 is 4.79 Å². The number of amides is 1. The second kappa shape index (κ2) is 7.01. The smallest absolute Gasteiger partial charge is 0.267 e. The molecule has 1 fully saturated rings. The fourth-order valence-electron chi connectivity index (χ4n) is 3.10. The van der Waals surface area contributed by atoms with Crippen molar-refractivity contribution in [2.75, 3.05) is 13.1 Å². The first-order valence-corrected chi connectivity index (χ1v) is 8.72. The van der Waals surface area contributed by atoms with Gasteiger partial charge < -0.3 is 4.90 Å². The van der Waals surface area contributed by atoms with E-state index in [0.29, 0.717) is 5.92 Å². The van der Waals surface area contributed by atoms with Gasteiger partial charge in [0, 0.05) is 13.1 Å². The molecule has 1 aromatic heterocycles. The lowest BCUT2D eigenvalue weighted by Gasteiger charge is -2.20. The van der Waals surface area contributed by atoms with Crippen molar-refractivity contribution in [3.05, 3.63) is 46.5 Å². The molecule has 1 amide bonds. The Morgan fingerprint density at radius 3 is 2.86 bits per heavy atom. The lowest BCUT2D eigenvalue weighted by atomic mass is 9.92. The molecular formula is C17H21N3OS. The molecule has 0 N–H and O–H groups in total. The quantitative estimate of drug-likeness (QED) is 0.870. The summed E-state index contributed by atoms with van der Waals surface area (Å²) in [6.07, 6.45) is 4.00. The van der Waals surface area contributed by atoms with Crippen LogP contribution in [0.3, 0.4) is 0 Å². The summed E-state index contributed by atoms with van der Waals surface area (Å²) in [7, 11) is 0. The van der Waals surface area contributed by atoms with Gasteiger partial charge in [0.25, 0.3) is 5.91 Å². The van der Waals surface area contributed by atoms with Gasteiger partial charge in [-0.25, -0.2) is 0 Å². The lowest BCUT2D eigenvalue weighted by Crippen LogP contribution is -2.32. The zero-order chi connectivity index (χ0) is 15.4. The van der Waals surface area contributed by atoms with Crippen molar-refractivity contribution in [3.63, 3.8) is 0 Å². The minimum absolute atomic E-state index is 0.112. The SMILES string of the molecule is CCc1nnsc1C(=O)N1CCC[C@@H](c2ccccc2)CC1. The van der Waals surface area contributed by atoms with Crippen LogP contribution in [0.2, 0.25) is 0 Å². The van der Waals surface area contributed by atoms with Gasteiger partial charge in [-0.15, -0.1) is 5.10 Å². The molecule has 1 saturated heterocycles. The van der Waals surface area contributed by atoms with Crippen LogP contribution in [0.5, 0.6) is 0 Å². The Morgan fingerprint density at radius 2 is 2.09 bits per heavy atom. The van der Waals surface area contributed by atoms with Crippen LogP contribution in [-0.4, -0.2) is 33.5 Å². The average Bonchev–Trinajstić information content (AvgIpc) is 2.91. The Kier molecular flexibility index (Phi) is 4.83. The van der Waals surface area contributed by atoms with Crippen molar-refractivity contribution >= 4 is 17.4 Å². The zero-order valence-corrected chi connectivity index (χ0v) is 13.7. The number of carbonyl (C=O) groups is 1. The first-order valence-electron chi connectivity index (χ1n) is 7.95. The number of hydrogen-bond acceptors (Lipinski definition) is 4. The molecule has 0 spiro atoms. The number of hydrogen-bond donors (Lipinski definition) is 0. The third kappa shape index (κ3) is 3.19. The predicted molar refractivity (Wildman–Crippen MR) is 88.2 cm³/mol. The first-order chi connectivity index (χ1) is 10.8. The number of carbonyl (C=O) groups excluding carboxylic acids is 1. The van der Waals surface area contributed by atoms with E-state index in [1.54, 1.807) is 0 Å². The van der Waals surface area contributed by atoms with Gasteiger partial charge in [0.2, 0.25) is 0 Å². The Balaban J connectivity index is 1.69. The van der Waals surface area contributed by atoms with E-state index in [4.69, 9.17) is 0 Å². The molecule has 1 aliphatic rings. The van der Waals surface area contributed by atoms with Crippen LogP contribution in [0.25, 0.3) is 0 Å². The van der Waals surface area contributed by atoms with Crippen LogP contribution in [-0.2, 0) is 6.42 Å². The molecule has 2 aromatic rings. The Hall–Kier alpha value is -1.75. The molecular weight excluding hydrogens is 294 g/mol. The Morgan fingerprint density at radius 1 is 1.27 bits per heavy atom. The third-order valence-electron chi connectivity index (χ3n) is 4.37. The summed E-state index contributed by atoms with van der Waals surface area (Å²) in [4.78, 5) is 15.4. The standard InChI is InChI=1S/C17H21N3OS/c1-2-15-16(22-19-18-15)17(21)20-11-6-9-14(10-12-20)13-7-4-3-5-8-13/h3-5,7-8,14H,2,6,9-12H2,1H3/t14-/m1/s1. The van der Waals surface area contributed by atoms with E-state index in [0.717, 1.165) is 49.3 Å². The van der Waals surface area contributed by atoms with Gasteiger partial charge in [0.1, 0.15) is 4.88 Å². The monoisotopic (exact) mass is 315 g/mol. The van der Waals surface area contributed by atoms with Crippen LogP contribution in [0.1, 0.15) is 53.0 Å². The summed E-state index contributed by atoms with van der Waals surface area (Å²) in [6.45, 7) is 3.67. The van der Waals surface area contributed by atoms with E-state index < -0.39 is 0 Å². The lowest BCUT2D eigenvalue weighted by molar-refractivity contribution is 0.0764. The van der Waals surface area contributed by atoms with E-state index in [1.165, 1.54) is 17.1 Å². The van der Waals surface area contributed by atoms with Crippen molar-refractivity contribution in [2.45, 2.75) is 38.5 Å². The van der Waals surface area contributed by atoms with Crippen LogP contribution in [0.15, 0.2) is 30.3 Å². The second-order valence-corrected chi connectivity index (χ2v) is 6.49. The highest BCUT2D eigenvalue weighted by Crippen LogP contribution is 2.28. The maximum atomic E-state index is 12.7. The van der Waals surface area contributed by atoms with Gasteiger partial charge in [-0.3, -0.25) is 4.79 Å². The fraction of sp³-hybridized carbons (Fsp3) is 0.471. The molecule has 1 aromatic carbocycles. The van der Waals surface area contributed by atoms with Crippen LogP contribution in [0.4, 0.5) is 0 Å². The average molecular weight is 315 g/mol. The van der Waals surface area contributed by atoms with Crippen LogP contribution in [0, 0.1) is 0 Å². The van der Waals surface area contributed by atoms with Crippen molar-refractivity contribution in [3.8, 4) is 0 Å². The molecule has 5 heteroatoms. The van der Waals surface area contributed by atoms with Crippen molar-refractivity contribution in [2.24, 2.45) is 0 Å². The van der Waals surface area contributed by atoms with Crippen LogP contribution >= 0.6 is 11.5 Å². The molecule has 3 rings (SSSR count). The topological polar surface area (TPSA) is 46.1 Å². The van der Waals surface area contributed by atoms with Gasteiger partial charge in [-0.2, -0.15) is 0 Å². The molecule has 4 nitrogen and oxygen atoms in total. The molecule has 2 heterocycles. The summed E-state index contributed by atoms with van der Waals surface area (Å²) < 4.78 is 3.94. The van der Waals surface area contributed by atoms with E-state index >= 15 is 0 Å². The Labute approximate surface area is 135 Å².